The second-order valence-electron chi connectivity index (χ2n) is 5.70. The van der Waals surface area contributed by atoms with E-state index < -0.39 is 21.5 Å². The van der Waals surface area contributed by atoms with Crippen LogP contribution in [0.25, 0.3) is 0 Å². The molecule has 0 unspecified atom stereocenters. The number of rotatable bonds is 8. The van der Waals surface area contributed by atoms with Gasteiger partial charge in [-0.15, -0.1) is 0 Å². The summed E-state index contributed by atoms with van der Waals surface area (Å²) in [7, 11) is -3.62. The summed E-state index contributed by atoms with van der Waals surface area (Å²) in [5.41, 5.74) is 0.968. The van der Waals surface area contributed by atoms with Crippen molar-refractivity contribution in [2.75, 3.05) is 17.7 Å². The highest BCUT2D eigenvalue weighted by Crippen LogP contribution is 2.28. The molecule has 0 aromatic heterocycles. The summed E-state index contributed by atoms with van der Waals surface area (Å²) in [5.74, 6) is -1.02. The van der Waals surface area contributed by atoms with Crippen molar-refractivity contribution in [3.8, 4) is 5.75 Å². The Morgan fingerprint density at radius 3 is 2.69 bits per heavy atom. The number of ether oxygens (including phenoxy) is 1. The van der Waals surface area contributed by atoms with Crippen LogP contribution in [0.1, 0.15) is 18.9 Å². The molecule has 0 spiro atoms. The van der Waals surface area contributed by atoms with Gasteiger partial charge >= 0.3 is 0 Å². The van der Waals surface area contributed by atoms with Crippen molar-refractivity contribution >= 4 is 49.0 Å². The first-order valence-electron chi connectivity index (χ1n) is 7.96. The van der Waals surface area contributed by atoms with E-state index in [1.165, 1.54) is 6.07 Å². The van der Waals surface area contributed by atoms with E-state index in [4.69, 9.17) is 16.3 Å². The molecule has 0 aliphatic rings. The number of sulfone groups is 1. The van der Waals surface area contributed by atoms with Gasteiger partial charge in [0.25, 0.3) is 0 Å². The third kappa shape index (κ3) is 6.63. The third-order valence-electron chi connectivity index (χ3n) is 3.30. The van der Waals surface area contributed by atoms with E-state index >= 15 is 0 Å². The van der Waals surface area contributed by atoms with Crippen molar-refractivity contribution in [1.29, 1.82) is 0 Å². The lowest BCUT2D eigenvalue weighted by Crippen LogP contribution is -2.24. The predicted octanol–water partition coefficient (Wildman–Crippen LogP) is 4.44. The number of halogens is 2. The zero-order valence-corrected chi connectivity index (χ0v) is 17.3. The predicted molar refractivity (Wildman–Crippen MR) is 108 cm³/mol. The molecule has 0 atom stereocenters. The first kappa shape index (κ1) is 20.7. The number of anilines is 1. The monoisotopic (exact) mass is 459 g/mol. The number of benzene rings is 2. The fourth-order valence-electron chi connectivity index (χ4n) is 2.26. The number of hydrogen-bond acceptors (Lipinski definition) is 4. The van der Waals surface area contributed by atoms with Crippen molar-refractivity contribution in [3.05, 3.63) is 57.5 Å². The van der Waals surface area contributed by atoms with Crippen LogP contribution in [0, 0.1) is 0 Å². The maximum atomic E-state index is 12.3. The maximum absolute atomic E-state index is 12.3. The zero-order chi connectivity index (χ0) is 19.2. The number of amides is 1. The van der Waals surface area contributed by atoms with Crippen LogP contribution >= 0.6 is 27.5 Å². The maximum Gasteiger partial charge on any atom is 0.239 e. The number of nitrogens with one attached hydrogen (secondary N) is 1. The molecule has 0 radical (unpaired) electrons. The molecule has 140 valence electrons. The van der Waals surface area contributed by atoms with E-state index in [2.05, 4.69) is 21.2 Å². The molecule has 0 aliphatic carbocycles. The lowest BCUT2D eigenvalue weighted by atomic mass is 10.2. The Bertz CT molecular complexity index is 887. The largest absolute Gasteiger partial charge is 0.491 e. The minimum Gasteiger partial charge on any atom is -0.491 e. The second kappa shape index (κ2) is 9.39. The molecule has 1 amide bonds. The lowest BCUT2D eigenvalue weighted by molar-refractivity contribution is -0.113. The molecule has 1 N–H and O–H groups in total. The summed E-state index contributed by atoms with van der Waals surface area (Å²) in [6, 6.07) is 11.8. The van der Waals surface area contributed by atoms with Crippen molar-refractivity contribution < 1.29 is 17.9 Å². The van der Waals surface area contributed by atoms with Crippen LogP contribution in [-0.2, 0) is 20.4 Å². The van der Waals surface area contributed by atoms with E-state index in [0.29, 0.717) is 28.6 Å². The Morgan fingerprint density at radius 2 is 2.00 bits per heavy atom. The van der Waals surface area contributed by atoms with Crippen LogP contribution in [0.4, 0.5) is 5.69 Å². The second-order valence-corrected chi connectivity index (χ2v) is 9.12. The molecule has 2 rings (SSSR count). The summed E-state index contributed by atoms with van der Waals surface area (Å²) < 4.78 is 30.9. The normalized spacial score (nSPS) is 11.2. The molecule has 5 nitrogen and oxygen atoms in total. The summed E-state index contributed by atoms with van der Waals surface area (Å²) in [5, 5.41) is 2.99. The van der Waals surface area contributed by atoms with Gasteiger partial charge in [0, 0.05) is 9.50 Å². The Labute approximate surface area is 166 Å². The van der Waals surface area contributed by atoms with Gasteiger partial charge < -0.3 is 10.1 Å². The highest BCUT2D eigenvalue weighted by molar-refractivity contribution is 9.10. The van der Waals surface area contributed by atoms with Crippen LogP contribution in [-0.4, -0.2) is 26.7 Å². The lowest BCUT2D eigenvalue weighted by Gasteiger charge is -2.13. The topological polar surface area (TPSA) is 72.5 Å². The molecular weight excluding hydrogens is 442 g/mol. The van der Waals surface area contributed by atoms with Gasteiger partial charge in [0.2, 0.25) is 5.91 Å². The zero-order valence-electron chi connectivity index (χ0n) is 14.2. The molecule has 8 heteroatoms. The molecule has 2 aromatic rings. The summed E-state index contributed by atoms with van der Waals surface area (Å²) >= 11 is 9.26. The summed E-state index contributed by atoms with van der Waals surface area (Å²) in [6.07, 6.45) is 0.803. The highest BCUT2D eigenvalue weighted by Gasteiger charge is 2.19. The van der Waals surface area contributed by atoms with Gasteiger partial charge in [0.1, 0.15) is 11.5 Å². The van der Waals surface area contributed by atoms with Gasteiger partial charge in [-0.3, -0.25) is 4.79 Å². The fraction of sp³-hybridized carbons (Fsp3) is 0.278. The average Bonchev–Trinajstić information content (AvgIpc) is 2.53. The van der Waals surface area contributed by atoms with E-state index in [1.54, 1.807) is 36.4 Å². The summed E-state index contributed by atoms with van der Waals surface area (Å²) in [4.78, 5) is 12.2. The first-order chi connectivity index (χ1) is 12.3. The Kier molecular flexibility index (Phi) is 7.49. The summed E-state index contributed by atoms with van der Waals surface area (Å²) in [6.45, 7) is 2.44. The van der Waals surface area contributed by atoms with Gasteiger partial charge in [-0.1, -0.05) is 46.6 Å². The quantitative estimate of drug-likeness (QED) is 0.632. The number of carbonyl (C=O) groups is 1. The van der Waals surface area contributed by atoms with Gasteiger partial charge in [0.15, 0.2) is 9.84 Å². The molecular formula is C18H19BrClNO4S. The molecule has 0 saturated carbocycles. The van der Waals surface area contributed by atoms with Crippen molar-refractivity contribution in [2.45, 2.75) is 19.1 Å². The minimum absolute atomic E-state index is 0.214. The first-order valence-corrected chi connectivity index (χ1v) is 11.0. The van der Waals surface area contributed by atoms with Gasteiger partial charge in [-0.2, -0.15) is 0 Å². The smallest absolute Gasteiger partial charge is 0.239 e. The Morgan fingerprint density at radius 1 is 1.23 bits per heavy atom. The van der Waals surface area contributed by atoms with Crippen LogP contribution < -0.4 is 10.1 Å². The SMILES string of the molecule is CCCOc1ccc(Cl)cc1NC(=O)CS(=O)(=O)Cc1cccc(Br)c1. The Balaban J connectivity index is 2.07. The van der Waals surface area contributed by atoms with Crippen LogP contribution in [0.15, 0.2) is 46.9 Å². The minimum atomic E-state index is -3.62. The van der Waals surface area contributed by atoms with E-state index in [-0.39, 0.29) is 5.75 Å². The average molecular weight is 461 g/mol. The van der Waals surface area contributed by atoms with Gasteiger partial charge in [-0.05, 0) is 42.3 Å². The fourth-order valence-corrected chi connectivity index (χ4v) is 4.14. The molecule has 0 bridgehead atoms. The van der Waals surface area contributed by atoms with Crippen molar-refractivity contribution in [1.82, 2.24) is 0 Å². The van der Waals surface area contributed by atoms with E-state index in [9.17, 15) is 13.2 Å². The third-order valence-corrected chi connectivity index (χ3v) is 5.51. The van der Waals surface area contributed by atoms with Crippen molar-refractivity contribution in [3.63, 3.8) is 0 Å². The molecule has 0 fully saturated rings. The van der Waals surface area contributed by atoms with Crippen LogP contribution in [0.2, 0.25) is 5.02 Å². The van der Waals surface area contributed by atoms with Gasteiger partial charge in [-0.25, -0.2) is 8.42 Å². The number of hydrogen-bond donors (Lipinski definition) is 1. The Hall–Kier alpha value is -1.57. The standard InChI is InChI=1S/C18H19BrClNO4S/c1-2-8-25-17-7-6-15(20)10-16(17)21-18(22)12-26(23,24)11-13-4-3-5-14(19)9-13/h3-7,9-10H,2,8,11-12H2,1H3,(H,21,22). The molecule has 0 saturated heterocycles. The highest BCUT2D eigenvalue weighted by atomic mass is 79.9. The molecule has 0 aliphatic heterocycles. The van der Waals surface area contributed by atoms with Crippen LogP contribution in [0.3, 0.4) is 0 Å². The van der Waals surface area contributed by atoms with Crippen molar-refractivity contribution in [2.24, 2.45) is 0 Å². The number of carbonyl (C=O) groups excluding carboxylic acids is 1. The molecule has 2 aromatic carbocycles. The van der Waals surface area contributed by atoms with E-state index in [1.807, 2.05) is 6.92 Å². The van der Waals surface area contributed by atoms with Gasteiger partial charge in [0.05, 0.1) is 18.0 Å². The van der Waals surface area contributed by atoms with Crippen LogP contribution in [0.5, 0.6) is 5.75 Å². The van der Waals surface area contributed by atoms with E-state index in [0.717, 1.165) is 10.9 Å². The molecule has 26 heavy (non-hydrogen) atoms. The molecule has 0 heterocycles.